The van der Waals surface area contributed by atoms with Crippen molar-refractivity contribution in [3.05, 3.63) is 0 Å². The Bertz CT molecular complexity index is 399. The molecule has 112 valence electrons. The molecule has 6 heteroatoms. The highest BCUT2D eigenvalue weighted by atomic mass is 32.1. The molecule has 0 bridgehead atoms. The van der Waals surface area contributed by atoms with Gasteiger partial charge in [0.1, 0.15) is 0 Å². The average Bonchev–Trinajstić information content (AvgIpc) is 2.96. The normalized spacial score (nSPS) is 21.5. The molecule has 0 radical (unpaired) electrons. The number of amides is 2. The molecule has 1 saturated carbocycles. The number of nitrogens with zero attached hydrogens (tertiary/aromatic N) is 1. The summed E-state index contributed by atoms with van der Waals surface area (Å²) in [4.78, 5) is 26.5. The van der Waals surface area contributed by atoms with E-state index in [0.29, 0.717) is 12.8 Å². The fourth-order valence-corrected chi connectivity index (χ4v) is 3.44. The van der Waals surface area contributed by atoms with E-state index in [9.17, 15) is 9.59 Å². The number of likely N-dealkylation sites (tertiary alicyclic amines) is 1. The molecule has 20 heavy (non-hydrogen) atoms. The van der Waals surface area contributed by atoms with Gasteiger partial charge in [-0.2, -0.15) is 0 Å². The Labute approximate surface area is 125 Å². The Kier molecular flexibility index (Phi) is 4.96. The smallest absolute Gasteiger partial charge is 0.241 e. The van der Waals surface area contributed by atoms with Gasteiger partial charge in [0.15, 0.2) is 0 Å². The van der Waals surface area contributed by atoms with E-state index in [1.807, 2.05) is 4.90 Å². The molecule has 0 unspecified atom stereocenters. The van der Waals surface area contributed by atoms with Crippen LogP contribution in [0.1, 0.15) is 44.9 Å². The van der Waals surface area contributed by atoms with Crippen LogP contribution in [0.4, 0.5) is 0 Å². The zero-order chi connectivity index (χ0) is 14.6. The molecule has 1 saturated heterocycles. The van der Waals surface area contributed by atoms with Gasteiger partial charge >= 0.3 is 0 Å². The summed E-state index contributed by atoms with van der Waals surface area (Å²) < 4.78 is 0. The van der Waals surface area contributed by atoms with Gasteiger partial charge in [0.05, 0.1) is 16.9 Å². The average molecular weight is 297 g/mol. The summed E-state index contributed by atoms with van der Waals surface area (Å²) in [6, 6.07) is 0. The lowest BCUT2D eigenvalue weighted by atomic mass is 9.85. The van der Waals surface area contributed by atoms with Gasteiger partial charge in [0.2, 0.25) is 11.8 Å². The number of carbonyl (C=O) groups excluding carboxylic acids is 2. The van der Waals surface area contributed by atoms with E-state index in [1.54, 1.807) is 0 Å². The Balaban J connectivity index is 1.87. The van der Waals surface area contributed by atoms with Crippen molar-refractivity contribution in [3.63, 3.8) is 0 Å². The Morgan fingerprint density at radius 1 is 1.10 bits per heavy atom. The van der Waals surface area contributed by atoms with E-state index in [0.717, 1.165) is 38.8 Å². The molecule has 0 spiro atoms. The van der Waals surface area contributed by atoms with E-state index < -0.39 is 5.41 Å². The molecule has 0 aromatic heterocycles. The zero-order valence-corrected chi connectivity index (χ0v) is 12.6. The minimum atomic E-state index is -0.725. The summed E-state index contributed by atoms with van der Waals surface area (Å²) in [6.07, 6.45) is 6.61. The second kappa shape index (κ2) is 6.52. The van der Waals surface area contributed by atoms with Crippen molar-refractivity contribution in [1.82, 2.24) is 10.2 Å². The van der Waals surface area contributed by atoms with Crippen molar-refractivity contribution in [1.29, 1.82) is 0 Å². The van der Waals surface area contributed by atoms with E-state index in [4.69, 9.17) is 18.0 Å². The molecule has 2 amide bonds. The molecule has 0 atom stereocenters. The Morgan fingerprint density at radius 2 is 1.70 bits per heavy atom. The maximum atomic E-state index is 12.3. The second-order valence-corrected chi connectivity index (χ2v) is 6.22. The standard InChI is InChI=1S/C14H23N3O2S/c15-12(20)14(6-2-3-7-14)13(19)16-10-11(18)17-8-4-1-5-9-17/h1-10H2,(H2,15,20)(H,16,19). The van der Waals surface area contributed by atoms with Crippen LogP contribution in [0.5, 0.6) is 0 Å². The zero-order valence-electron chi connectivity index (χ0n) is 11.8. The predicted octanol–water partition coefficient (Wildman–Crippen LogP) is 0.962. The number of hydrogen-bond acceptors (Lipinski definition) is 3. The predicted molar refractivity (Wildman–Crippen MR) is 81.1 cm³/mol. The number of hydrogen-bond donors (Lipinski definition) is 2. The van der Waals surface area contributed by atoms with Crippen LogP contribution in [-0.2, 0) is 9.59 Å². The molecule has 1 aliphatic heterocycles. The number of carbonyl (C=O) groups is 2. The SMILES string of the molecule is NC(=S)C1(C(=O)NCC(=O)N2CCCCC2)CCCC1. The van der Waals surface area contributed by atoms with E-state index in [2.05, 4.69) is 5.32 Å². The van der Waals surface area contributed by atoms with Gasteiger partial charge in [-0.1, -0.05) is 25.1 Å². The van der Waals surface area contributed by atoms with Gasteiger partial charge in [0, 0.05) is 13.1 Å². The first-order valence-electron chi connectivity index (χ1n) is 7.42. The van der Waals surface area contributed by atoms with Crippen molar-refractivity contribution < 1.29 is 9.59 Å². The first-order valence-corrected chi connectivity index (χ1v) is 7.83. The lowest BCUT2D eigenvalue weighted by molar-refractivity contribution is -0.135. The van der Waals surface area contributed by atoms with Gasteiger partial charge in [-0.25, -0.2) is 0 Å². The first-order chi connectivity index (χ1) is 9.56. The summed E-state index contributed by atoms with van der Waals surface area (Å²) >= 11 is 5.07. The van der Waals surface area contributed by atoms with Gasteiger partial charge in [-0.05, 0) is 32.1 Å². The van der Waals surface area contributed by atoms with Crippen molar-refractivity contribution in [2.24, 2.45) is 11.1 Å². The minimum Gasteiger partial charge on any atom is -0.392 e. The fraction of sp³-hybridized carbons (Fsp3) is 0.786. The molecule has 2 aliphatic rings. The topological polar surface area (TPSA) is 75.4 Å². The quantitative estimate of drug-likeness (QED) is 0.758. The summed E-state index contributed by atoms with van der Waals surface area (Å²) in [5.74, 6) is -0.179. The summed E-state index contributed by atoms with van der Waals surface area (Å²) in [5, 5.41) is 2.75. The number of nitrogens with one attached hydrogen (secondary N) is 1. The van der Waals surface area contributed by atoms with Crippen LogP contribution >= 0.6 is 12.2 Å². The Hall–Kier alpha value is -1.17. The molecule has 2 rings (SSSR count). The van der Waals surface area contributed by atoms with Crippen molar-refractivity contribution in [2.75, 3.05) is 19.6 Å². The highest BCUT2D eigenvalue weighted by molar-refractivity contribution is 7.80. The molecular weight excluding hydrogens is 274 g/mol. The van der Waals surface area contributed by atoms with E-state index >= 15 is 0 Å². The van der Waals surface area contributed by atoms with E-state index in [1.165, 1.54) is 6.42 Å². The van der Waals surface area contributed by atoms with Crippen LogP contribution < -0.4 is 11.1 Å². The summed E-state index contributed by atoms with van der Waals surface area (Å²) in [5.41, 5.74) is 5.03. The lowest BCUT2D eigenvalue weighted by Gasteiger charge is -2.29. The van der Waals surface area contributed by atoms with Gasteiger partial charge in [-0.3, -0.25) is 9.59 Å². The number of thiocarbonyl (C=S) groups is 1. The first kappa shape index (κ1) is 15.2. The maximum absolute atomic E-state index is 12.3. The summed E-state index contributed by atoms with van der Waals surface area (Å²) in [6.45, 7) is 1.66. The van der Waals surface area contributed by atoms with Gasteiger partial charge in [-0.15, -0.1) is 0 Å². The van der Waals surface area contributed by atoms with Crippen molar-refractivity contribution >= 4 is 29.0 Å². The van der Waals surface area contributed by atoms with Crippen LogP contribution in [-0.4, -0.2) is 41.3 Å². The third-order valence-electron chi connectivity index (χ3n) is 4.47. The molecule has 1 aliphatic carbocycles. The molecule has 3 N–H and O–H groups in total. The number of piperidine rings is 1. The van der Waals surface area contributed by atoms with Gasteiger partial charge < -0.3 is 16.0 Å². The third kappa shape index (κ3) is 3.11. The highest BCUT2D eigenvalue weighted by Gasteiger charge is 2.43. The van der Waals surface area contributed by atoms with Crippen LogP contribution in [0, 0.1) is 5.41 Å². The minimum absolute atomic E-state index is 0.00543. The van der Waals surface area contributed by atoms with Crippen LogP contribution in [0.3, 0.4) is 0 Å². The third-order valence-corrected chi connectivity index (χ3v) is 4.86. The largest absolute Gasteiger partial charge is 0.392 e. The molecule has 5 nitrogen and oxygen atoms in total. The Morgan fingerprint density at radius 3 is 2.25 bits per heavy atom. The van der Waals surface area contributed by atoms with Crippen LogP contribution in [0.15, 0.2) is 0 Å². The lowest BCUT2D eigenvalue weighted by Crippen LogP contribution is -2.50. The maximum Gasteiger partial charge on any atom is 0.241 e. The monoisotopic (exact) mass is 297 g/mol. The summed E-state index contributed by atoms with van der Waals surface area (Å²) in [7, 11) is 0. The van der Waals surface area contributed by atoms with Crippen LogP contribution in [0.2, 0.25) is 0 Å². The van der Waals surface area contributed by atoms with Crippen molar-refractivity contribution in [3.8, 4) is 0 Å². The number of nitrogens with two attached hydrogens (primary N) is 1. The number of rotatable bonds is 4. The molecular formula is C14H23N3O2S. The van der Waals surface area contributed by atoms with Gasteiger partial charge in [0.25, 0.3) is 0 Å². The van der Waals surface area contributed by atoms with Crippen LogP contribution in [0.25, 0.3) is 0 Å². The second-order valence-electron chi connectivity index (χ2n) is 5.78. The molecule has 0 aromatic rings. The highest BCUT2D eigenvalue weighted by Crippen LogP contribution is 2.38. The molecule has 0 aromatic carbocycles. The van der Waals surface area contributed by atoms with Crippen molar-refractivity contribution in [2.45, 2.75) is 44.9 Å². The molecule has 1 heterocycles. The van der Waals surface area contributed by atoms with E-state index in [-0.39, 0.29) is 23.3 Å². The molecule has 2 fully saturated rings. The fourth-order valence-electron chi connectivity index (χ4n) is 3.14.